The topological polar surface area (TPSA) is 94.0 Å². The average molecular weight is 298 g/mol. The molecule has 2 aromatic rings. The molecule has 2 aromatic heterocycles. The van der Waals surface area contributed by atoms with Crippen molar-refractivity contribution in [1.29, 1.82) is 0 Å². The number of carboxylic acids is 1. The third-order valence-electron chi connectivity index (χ3n) is 2.58. The number of thiophene rings is 1. The Bertz CT molecular complexity index is 593. The van der Waals surface area contributed by atoms with Crippen LogP contribution < -0.4 is 5.73 Å². The second kappa shape index (κ2) is 5.62. The van der Waals surface area contributed by atoms with E-state index in [9.17, 15) is 4.79 Å². The minimum Gasteiger partial charge on any atom is -0.481 e. The maximum Gasteiger partial charge on any atom is 0.313 e. The van der Waals surface area contributed by atoms with Gasteiger partial charge in [0.1, 0.15) is 0 Å². The number of aromatic nitrogens is 3. The van der Waals surface area contributed by atoms with Crippen LogP contribution >= 0.6 is 23.1 Å². The van der Waals surface area contributed by atoms with Gasteiger partial charge in [0.2, 0.25) is 5.95 Å². The number of rotatable bonds is 5. The van der Waals surface area contributed by atoms with Gasteiger partial charge in [0.15, 0.2) is 5.16 Å². The largest absolute Gasteiger partial charge is 0.481 e. The maximum absolute atomic E-state index is 10.6. The van der Waals surface area contributed by atoms with E-state index in [1.807, 2.05) is 26.0 Å². The molecule has 0 radical (unpaired) electrons. The zero-order valence-corrected chi connectivity index (χ0v) is 12.2. The molecule has 0 saturated carbocycles. The van der Waals surface area contributed by atoms with Crippen LogP contribution in [-0.4, -0.2) is 31.6 Å². The first-order valence-electron chi connectivity index (χ1n) is 5.60. The van der Waals surface area contributed by atoms with Crippen molar-refractivity contribution in [2.45, 2.75) is 25.0 Å². The summed E-state index contributed by atoms with van der Waals surface area (Å²) in [6, 6.07) is 4.07. The molecule has 1 unspecified atom stereocenters. The molecule has 8 heteroatoms. The first-order valence-corrected chi connectivity index (χ1v) is 7.40. The fraction of sp³-hybridized carbons (Fsp3) is 0.364. The fourth-order valence-electron chi connectivity index (χ4n) is 1.68. The molecule has 0 amide bonds. The predicted molar refractivity (Wildman–Crippen MR) is 75.7 cm³/mol. The molecular weight excluding hydrogens is 284 g/mol. The third-order valence-corrected chi connectivity index (χ3v) is 4.67. The highest BCUT2D eigenvalue weighted by Crippen LogP contribution is 2.30. The highest BCUT2D eigenvalue weighted by atomic mass is 32.2. The third kappa shape index (κ3) is 3.07. The molecule has 0 fully saturated rings. The first-order chi connectivity index (χ1) is 8.99. The molecule has 0 aliphatic heterocycles. The van der Waals surface area contributed by atoms with E-state index >= 15 is 0 Å². The first kappa shape index (κ1) is 13.9. The van der Waals surface area contributed by atoms with Gasteiger partial charge >= 0.3 is 5.97 Å². The van der Waals surface area contributed by atoms with E-state index in [1.54, 1.807) is 15.9 Å². The lowest BCUT2D eigenvalue weighted by atomic mass is 10.3. The van der Waals surface area contributed by atoms with Crippen molar-refractivity contribution in [2.24, 2.45) is 0 Å². The van der Waals surface area contributed by atoms with Gasteiger partial charge in [-0.05, 0) is 26.0 Å². The summed E-state index contributed by atoms with van der Waals surface area (Å²) in [6.45, 7) is 4.03. The van der Waals surface area contributed by atoms with Crippen LogP contribution in [0.4, 0.5) is 5.95 Å². The van der Waals surface area contributed by atoms with Crippen LogP contribution in [0.25, 0.3) is 0 Å². The standard InChI is InChI=1S/C11H14N4O2S2/c1-6-3-4-8(19-6)7(2)15-10(12)13-14-11(15)18-5-9(16)17/h3-4,7H,5H2,1-2H3,(H2,12,13)(H,16,17). The maximum atomic E-state index is 10.6. The molecule has 0 bridgehead atoms. The second-order valence-corrected chi connectivity index (χ2v) is 6.28. The van der Waals surface area contributed by atoms with Gasteiger partial charge in [-0.3, -0.25) is 9.36 Å². The number of aliphatic carboxylic acids is 1. The predicted octanol–water partition coefficient (Wildman–Crippen LogP) is 2.02. The Hall–Kier alpha value is -1.54. The molecule has 6 nitrogen and oxygen atoms in total. The summed E-state index contributed by atoms with van der Waals surface area (Å²) < 4.78 is 1.76. The Morgan fingerprint density at radius 2 is 2.32 bits per heavy atom. The van der Waals surface area contributed by atoms with E-state index in [2.05, 4.69) is 10.2 Å². The van der Waals surface area contributed by atoms with Crippen molar-refractivity contribution in [2.75, 3.05) is 11.5 Å². The van der Waals surface area contributed by atoms with Crippen molar-refractivity contribution < 1.29 is 9.90 Å². The smallest absolute Gasteiger partial charge is 0.313 e. The number of hydrogen-bond donors (Lipinski definition) is 2. The molecule has 0 saturated heterocycles. The van der Waals surface area contributed by atoms with Gasteiger partial charge in [-0.25, -0.2) is 0 Å². The molecule has 1 atom stereocenters. The highest BCUT2D eigenvalue weighted by Gasteiger charge is 2.19. The van der Waals surface area contributed by atoms with Crippen LogP contribution in [0.1, 0.15) is 22.7 Å². The number of carboxylic acid groups (broad SMARTS) is 1. The highest BCUT2D eigenvalue weighted by molar-refractivity contribution is 7.99. The van der Waals surface area contributed by atoms with Gasteiger partial charge in [0.25, 0.3) is 0 Å². The van der Waals surface area contributed by atoms with E-state index in [0.717, 1.165) is 16.6 Å². The average Bonchev–Trinajstić information content (AvgIpc) is 2.92. The fourth-order valence-corrected chi connectivity index (χ4v) is 3.34. The van der Waals surface area contributed by atoms with Gasteiger partial charge in [0, 0.05) is 9.75 Å². The lowest BCUT2D eigenvalue weighted by Crippen LogP contribution is -2.11. The van der Waals surface area contributed by atoms with E-state index in [1.165, 1.54) is 4.88 Å². The number of anilines is 1. The monoisotopic (exact) mass is 298 g/mol. The van der Waals surface area contributed by atoms with Gasteiger partial charge in [-0.1, -0.05) is 11.8 Å². The van der Waals surface area contributed by atoms with Crippen LogP contribution in [0.2, 0.25) is 0 Å². The quantitative estimate of drug-likeness (QED) is 0.820. The van der Waals surface area contributed by atoms with E-state index in [0.29, 0.717) is 11.1 Å². The number of nitrogens with two attached hydrogens (primary N) is 1. The van der Waals surface area contributed by atoms with E-state index in [4.69, 9.17) is 10.8 Å². The molecule has 0 aromatic carbocycles. The molecular formula is C11H14N4O2S2. The van der Waals surface area contributed by atoms with Crippen molar-refractivity contribution in [1.82, 2.24) is 14.8 Å². The number of thioether (sulfide) groups is 1. The summed E-state index contributed by atoms with van der Waals surface area (Å²) in [7, 11) is 0. The number of carbonyl (C=O) groups is 1. The molecule has 2 rings (SSSR count). The second-order valence-electron chi connectivity index (χ2n) is 4.02. The molecule has 19 heavy (non-hydrogen) atoms. The Morgan fingerprint density at radius 3 is 2.89 bits per heavy atom. The number of nitrogen functional groups attached to an aromatic ring is 1. The van der Waals surface area contributed by atoms with Crippen LogP contribution in [0.15, 0.2) is 17.3 Å². The normalized spacial score (nSPS) is 12.5. The summed E-state index contributed by atoms with van der Waals surface area (Å²) in [5.41, 5.74) is 5.83. The van der Waals surface area contributed by atoms with Crippen LogP contribution in [0, 0.1) is 6.92 Å². The molecule has 0 spiro atoms. The Balaban J connectivity index is 2.27. The number of aryl methyl sites for hydroxylation is 1. The zero-order valence-electron chi connectivity index (χ0n) is 10.5. The summed E-state index contributed by atoms with van der Waals surface area (Å²) in [5, 5.41) is 17.0. The van der Waals surface area contributed by atoms with Crippen molar-refractivity contribution in [3.05, 3.63) is 21.9 Å². The summed E-state index contributed by atoms with van der Waals surface area (Å²) in [4.78, 5) is 13.0. The molecule has 0 aliphatic rings. The number of nitrogens with zero attached hydrogens (tertiary/aromatic N) is 3. The van der Waals surface area contributed by atoms with Crippen LogP contribution in [0.3, 0.4) is 0 Å². The molecule has 0 aliphatic carbocycles. The van der Waals surface area contributed by atoms with Gasteiger partial charge in [-0.15, -0.1) is 21.5 Å². The summed E-state index contributed by atoms with van der Waals surface area (Å²) in [5.74, 6) is -0.655. The van der Waals surface area contributed by atoms with Gasteiger partial charge in [0.05, 0.1) is 11.8 Å². The van der Waals surface area contributed by atoms with Crippen LogP contribution in [-0.2, 0) is 4.79 Å². The van der Waals surface area contributed by atoms with Gasteiger partial charge < -0.3 is 10.8 Å². The molecule has 3 N–H and O–H groups in total. The van der Waals surface area contributed by atoms with Gasteiger partial charge in [-0.2, -0.15) is 0 Å². The lowest BCUT2D eigenvalue weighted by Gasteiger charge is -2.14. The number of hydrogen-bond acceptors (Lipinski definition) is 6. The van der Waals surface area contributed by atoms with Crippen LogP contribution in [0.5, 0.6) is 0 Å². The molecule has 2 heterocycles. The minimum atomic E-state index is -0.891. The van der Waals surface area contributed by atoms with Crippen molar-refractivity contribution in [3.8, 4) is 0 Å². The SMILES string of the molecule is Cc1ccc(C(C)n2c(N)nnc2SCC(=O)O)s1. The lowest BCUT2D eigenvalue weighted by molar-refractivity contribution is -0.133. The minimum absolute atomic E-state index is 0.00926. The Labute approximate surface area is 118 Å². The van der Waals surface area contributed by atoms with Crippen molar-refractivity contribution in [3.63, 3.8) is 0 Å². The Morgan fingerprint density at radius 1 is 1.58 bits per heavy atom. The zero-order chi connectivity index (χ0) is 14.0. The van der Waals surface area contributed by atoms with E-state index in [-0.39, 0.29) is 11.8 Å². The molecule has 102 valence electrons. The summed E-state index contributed by atoms with van der Waals surface area (Å²) >= 11 is 2.80. The summed E-state index contributed by atoms with van der Waals surface area (Å²) in [6.07, 6.45) is 0. The Kier molecular flexibility index (Phi) is 4.11. The van der Waals surface area contributed by atoms with E-state index < -0.39 is 5.97 Å². The van der Waals surface area contributed by atoms with Crippen molar-refractivity contribution >= 4 is 35.0 Å².